The first-order valence-corrected chi connectivity index (χ1v) is 10.8. The first-order valence-electron chi connectivity index (χ1n) is 7.21. The Hall–Kier alpha value is -0.230. The summed E-state index contributed by atoms with van der Waals surface area (Å²) in [6, 6.07) is 8.50. The van der Waals surface area contributed by atoms with Crippen molar-refractivity contribution < 1.29 is 8.42 Å². The van der Waals surface area contributed by atoms with Gasteiger partial charge in [-0.1, -0.05) is 23.7 Å². The summed E-state index contributed by atoms with van der Waals surface area (Å²) in [5.74, 6) is 2.53. The van der Waals surface area contributed by atoms with Crippen molar-refractivity contribution in [1.29, 1.82) is 0 Å². The van der Waals surface area contributed by atoms with Crippen LogP contribution in [0.4, 0.5) is 0 Å². The third kappa shape index (κ3) is 5.81. The molecule has 1 aliphatic rings. The van der Waals surface area contributed by atoms with Crippen LogP contribution in [-0.4, -0.2) is 49.9 Å². The van der Waals surface area contributed by atoms with Crippen LogP contribution in [0.25, 0.3) is 0 Å². The zero-order chi connectivity index (χ0) is 15.3. The SMILES string of the molecule is CS(=O)(=O)CCCCN1CCSCC1c1ccc(Cl)cc1. The number of halogens is 1. The summed E-state index contributed by atoms with van der Waals surface area (Å²) in [5.41, 5.74) is 1.30. The van der Waals surface area contributed by atoms with Gasteiger partial charge in [-0.05, 0) is 37.1 Å². The molecule has 0 spiro atoms. The molecule has 1 aromatic rings. The fraction of sp³-hybridized carbons (Fsp3) is 0.600. The van der Waals surface area contributed by atoms with Crippen molar-refractivity contribution in [2.24, 2.45) is 0 Å². The lowest BCUT2D eigenvalue weighted by Crippen LogP contribution is -2.37. The monoisotopic (exact) mass is 347 g/mol. The summed E-state index contributed by atoms with van der Waals surface area (Å²) >= 11 is 7.94. The topological polar surface area (TPSA) is 37.4 Å². The first-order chi connectivity index (χ1) is 9.96. The molecule has 0 saturated carbocycles. The lowest BCUT2D eigenvalue weighted by atomic mass is 10.1. The maximum atomic E-state index is 11.2. The van der Waals surface area contributed by atoms with Crippen LogP contribution in [-0.2, 0) is 9.84 Å². The summed E-state index contributed by atoms with van der Waals surface area (Å²) in [6.45, 7) is 2.03. The predicted octanol–water partition coefficient (Wildman–Crippen LogP) is 3.25. The maximum absolute atomic E-state index is 11.2. The summed E-state index contributed by atoms with van der Waals surface area (Å²) in [4.78, 5) is 2.47. The molecule has 0 amide bonds. The van der Waals surface area contributed by atoms with E-state index in [4.69, 9.17) is 11.6 Å². The van der Waals surface area contributed by atoms with Gasteiger partial charge in [0.1, 0.15) is 9.84 Å². The van der Waals surface area contributed by atoms with E-state index in [2.05, 4.69) is 17.0 Å². The smallest absolute Gasteiger partial charge is 0.147 e. The first kappa shape index (κ1) is 17.1. The van der Waals surface area contributed by atoms with Crippen molar-refractivity contribution in [3.05, 3.63) is 34.9 Å². The molecule has 1 aliphatic heterocycles. The molecule has 0 radical (unpaired) electrons. The summed E-state index contributed by atoms with van der Waals surface area (Å²) in [7, 11) is -2.83. The van der Waals surface area contributed by atoms with Gasteiger partial charge in [0, 0.05) is 41.1 Å². The lowest BCUT2D eigenvalue weighted by molar-refractivity contribution is 0.218. The van der Waals surface area contributed by atoms with E-state index >= 15 is 0 Å². The van der Waals surface area contributed by atoms with E-state index < -0.39 is 9.84 Å². The van der Waals surface area contributed by atoms with E-state index in [0.717, 1.165) is 42.5 Å². The third-order valence-electron chi connectivity index (χ3n) is 3.70. The Kier molecular flexibility index (Phi) is 6.41. The minimum atomic E-state index is -2.83. The summed E-state index contributed by atoms with van der Waals surface area (Å²) in [6.07, 6.45) is 2.98. The lowest BCUT2D eigenvalue weighted by Gasteiger charge is -2.35. The molecule has 1 aromatic carbocycles. The highest BCUT2D eigenvalue weighted by Crippen LogP contribution is 2.30. The van der Waals surface area contributed by atoms with Crippen LogP contribution >= 0.6 is 23.4 Å². The van der Waals surface area contributed by atoms with Gasteiger partial charge in [0.15, 0.2) is 0 Å². The van der Waals surface area contributed by atoms with Crippen molar-refractivity contribution >= 4 is 33.2 Å². The van der Waals surface area contributed by atoms with Crippen LogP contribution in [0.5, 0.6) is 0 Å². The highest BCUT2D eigenvalue weighted by molar-refractivity contribution is 7.99. The molecule has 6 heteroatoms. The molecule has 0 aliphatic carbocycles. The number of unbranched alkanes of at least 4 members (excludes halogenated alkanes) is 1. The minimum Gasteiger partial charge on any atom is -0.295 e. The molecule has 118 valence electrons. The van der Waals surface area contributed by atoms with E-state index in [1.807, 2.05) is 23.9 Å². The van der Waals surface area contributed by atoms with Crippen LogP contribution in [0, 0.1) is 0 Å². The number of hydrogen-bond acceptors (Lipinski definition) is 4. The largest absolute Gasteiger partial charge is 0.295 e. The number of rotatable bonds is 6. The zero-order valence-electron chi connectivity index (χ0n) is 12.3. The number of thioether (sulfide) groups is 1. The Bertz CT molecular complexity index is 545. The third-order valence-corrected chi connectivity index (χ3v) is 6.01. The fourth-order valence-corrected chi connectivity index (χ4v) is 4.59. The van der Waals surface area contributed by atoms with Gasteiger partial charge in [-0.3, -0.25) is 4.90 Å². The van der Waals surface area contributed by atoms with Gasteiger partial charge in [-0.15, -0.1) is 0 Å². The van der Waals surface area contributed by atoms with E-state index in [-0.39, 0.29) is 0 Å². The molecule has 1 heterocycles. The van der Waals surface area contributed by atoms with Gasteiger partial charge in [0.05, 0.1) is 0 Å². The Labute approximate surface area is 137 Å². The summed E-state index contributed by atoms with van der Waals surface area (Å²) < 4.78 is 22.3. The van der Waals surface area contributed by atoms with Crippen LogP contribution in [0.3, 0.4) is 0 Å². The molecule has 1 unspecified atom stereocenters. The molecule has 0 N–H and O–H groups in total. The van der Waals surface area contributed by atoms with E-state index in [1.54, 1.807) is 0 Å². The van der Waals surface area contributed by atoms with E-state index in [1.165, 1.54) is 11.8 Å². The normalized spacial score (nSPS) is 20.6. The van der Waals surface area contributed by atoms with Gasteiger partial charge in [0.25, 0.3) is 0 Å². The van der Waals surface area contributed by atoms with Crippen molar-refractivity contribution in [1.82, 2.24) is 4.90 Å². The van der Waals surface area contributed by atoms with Crippen LogP contribution in [0.2, 0.25) is 5.02 Å². The number of sulfone groups is 1. The number of hydrogen-bond donors (Lipinski definition) is 0. The molecular formula is C15H22ClNO2S2. The van der Waals surface area contributed by atoms with Gasteiger partial charge >= 0.3 is 0 Å². The average Bonchev–Trinajstić information content (AvgIpc) is 2.44. The van der Waals surface area contributed by atoms with E-state index in [0.29, 0.717) is 11.8 Å². The molecule has 2 rings (SSSR count). The average molecular weight is 348 g/mol. The number of benzene rings is 1. The molecule has 0 aromatic heterocycles. The second kappa shape index (κ2) is 7.86. The zero-order valence-corrected chi connectivity index (χ0v) is 14.7. The summed E-state index contributed by atoms with van der Waals surface area (Å²) in [5, 5.41) is 0.766. The van der Waals surface area contributed by atoms with Gasteiger partial charge in [-0.25, -0.2) is 8.42 Å². The minimum absolute atomic E-state index is 0.293. The maximum Gasteiger partial charge on any atom is 0.147 e. The Morgan fingerprint density at radius 3 is 2.67 bits per heavy atom. The van der Waals surface area contributed by atoms with E-state index in [9.17, 15) is 8.42 Å². The Balaban J connectivity index is 1.91. The van der Waals surface area contributed by atoms with Gasteiger partial charge in [0.2, 0.25) is 0 Å². The van der Waals surface area contributed by atoms with Crippen molar-refractivity contribution in [2.45, 2.75) is 18.9 Å². The highest BCUT2D eigenvalue weighted by atomic mass is 35.5. The van der Waals surface area contributed by atoms with Gasteiger partial charge in [-0.2, -0.15) is 11.8 Å². The standard InChI is InChI=1S/C15H22ClNO2S2/c1-21(18,19)11-3-2-8-17-9-10-20-12-15(17)13-4-6-14(16)7-5-13/h4-7,15H,2-3,8-12H2,1H3. The molecule has 1 atom stereocenters. The van der Waals surface area contributed by atoms with Crippen LogP contribution in [0.15, 0.2) is 24.3 Å². The molecule has 1 fully saturated rings. The number of nitrogens with zero attached hydrogens (tertiary/aromatic N) is 1. The highest BCUT2D eigenvalue weighted by Gasteiger charge is 2.23. The molecular weight excluding hydrogens is 326 g/mol. The molecule has 3 nitrogen and oxygen atoms in total. The van der Waals surface area contributed by atoms with Crippen molar-refractivity contribution in [2.75, 3.05) is 36.6 Å². The van der Waals surface area contributed by atoms with Crippen molar-refractivity contribution in [3.63, 3.8) is 0 Å². The van der Waals surface area contributed by atoms with Crippen LogP contribution < -0.4 is 0 Å². The van der Waals surface area contributed by atoms with Crippen molar-refractivity contribution in [3.8, 4) is 0 Å². The van der Waals surface area contributed by atoms with Crippen LogP contribution in [0.1, 0.15) is 24.4 Å². The molecule has 0 bridgehead atoms. The molecule has 1 saturated heterocycles. The Morgan fingerprint density at radius 1 is 1.29 bits per heavy atom. The second-order valence-electron chi connectivity index (χ2n) is 5.52. The van der Waals surface area contributed by atoms with Gasteiger partial charge < -0.3 is 0 Å². The molecule has 21 heavy (non-hydrogen) atoms. The fourth-order valence-electron chi connectivity index (χ4n) is 2.58. The Morgan fingerprint density at radius 2 is 2.00 bits per heavy atom. The second-order valence-corrected chi connectivity index (χ2v) is 9.36. The quantitative estimate of drug-likeness (QED) is 0.740. The predicted molar refractivity (Wildman–Crippen MR) is 92.0 cm³/mol.